The lowest BCUT2D eigenvalue weighted by Crippen LogP contribution is -2.29. The van der Waals surface area contributed by atoms with Gasteiger partial charge in [-0.2, -0.15) is 4.99 Å². The first-order valence-corrected chi connectivity index (χ1v) is 16.7. The van der Waals surface area contributed by atoms with Crippen molar-refractivity contribution in [3.63, 3.8) is 0 Å². The average molecular weight is 670 g/mol. The summed E-state index contributed by atoms with van der Waals surface area (Å²) >= 11 is 1.77. The number of benzene rings is 1. The van der Waals surface area contributed by atoms with E-state index in [1.807, 2.05) is 6.92 Å². The zero-order chi connectivity index (χ0) is 32.6. The molecular formula is C27H31N3O11S3. The van der Waals surface area contributed by atoms with Crippen LogP contribution in [0.3, 0.4) is 0 Å². The lowest BCUT2D eigenvalue weighted by Gasteiger charge is -2.07. The van der Waals surface area contributed by atoms with Gasteiger partial charge in [-0.15, -0.1) is 11.3 Å². The Kier molecular flexibility index (Phi) is 11.8. The number of aromatic nitrogens is 1. The number of nitrogens with zero attached hydrogens (tertiary/aromatic N) is 2. The summed E-state index contributed by atoms with van der Waals surface area (Å²) < 4.78 is 47.9. The normalized spacial score (nSPS) is 11.7. The van der Waals surface area contributed by atoms with Crippen molar-refractivity contribution >= 4 is 77.5 Å². The zero-order valence-electron chi connectivity index (χ0n) is 24.6. The predicted octanol–water partition coefficient (Wildman–Crippen LogP) is 2.48. The van der Waals surface area contributed by atoms with Crippen LogP contribution in [0.15, 0.2) is 23.2 Å². The van der Waals surface area contributed by atoms with Crippen LogP contribution < -0.4 is 14.9 Å². The highest BCUT2D eigenvalue weighted by atomic mass is 32.2. The van der Waals surface area contributed by atoms with E-state index < -0.39 is 51.1 Å². The Morgan fingerprint density at radius 2 is 1.64 bits per heavy atom. The minimum absolute atomic E-state index is 0.0172. The van der Waals surface area contributed by atoms with Crippen molar-refractivity contribution in [1.82, 2.24) is 4.57 Å². The molecule has 2 heterocycles. The number of thiophene rings is 1. The summed E-state index contributed by atoms with van der Waals surface area (Å²) in [6.07, 6.45) is 0. The molecule has 0 aliphatic heterocycles. The third kappa shape index (κ3) is 8.51. The summed E-state index contributed by atoms with van der Waals surface area (Å²) in [5.74, 6) is -5.95. The zero-order valence-corrected chi connectivity index (χ0v) is 27.0. The number of esters is 3. The molecule has 0 saturated heterocycles. The molecule has 17 heteroatoms. The fourth-order valence-corrected chi connectivity index (χ4v) is 7.12. The Balaban J connectivity index is 1.85. The van der Waals surface area contributed by atoms with Gasteiger partial charge >= 0.3 is 17.9 Å². The van der Waals surface area contributed by atoms with Gasteiger partial charge in [0.25, 0.3) is 5.91 Å². The number of amides is 2. The van der Waals surface area contributed by atoms with E-state index in [4.69, 9.17) is 18.9 Å². The summed E-state index contributed by atoms with van der Waals surface area (Å²) in [6, 6.07) is 5.06. The van der Waals surface area contributed by atoms with Crippen LogP contribution in [0.5, 0.6) is 5.75 Å². The summed E-state index contributed by atoms with van der Waals surface area (Å²) in [7, 11) is -3.15. The van der Waals surface area contributed by atoms with Gasteiger partial charge in [0.15, 0.2) is 14.6 Å². The quantitative estimate of drug-likeness (QED) is 0.208. The van der Waals surface area contributed by atoms with E-state index in [2.05, 4.69) is 10.3 Å². The largest absolute Gasteiger partial charge is 0.494 e. The lowest BCUT2D eigenvalue weighted by molar-refractivity contribution is -0.141. The summed E-state index contributed by atoms with van der Waals surface area (Å²) in [5.41, 5.74) is 0.642. The molecule has 0 unspecified atom stereocenters. The second-order valence-corrected chi connectivity index (χ2v) is 13.0. The van der Waals surface area contributed by atoms with Gasteiger partial charge in [-0.25, -0.2) is 18.0 Å². The summed E-state index contributed by atoms with van der Waals surface area (Å²) in [5, 5.41) is 2.25. The van der Waals surface area contributed by atoms with Crippen LogP contribution in [0.1, 0.15) is 46.4 Å². The first-order valence-electron chi connectivity index (χ1n) is 13.2. The number of fused-ring (bicyclic) bond motifs is 1. The molecule has 0 saturated carbocycles. The molecule has 0 spiro atoms. The maximum absolute atomic E-state index is 12.8. The molecule has 1 aromatic carbocycles. The SMILES string of the molecule is CCOC(=O)c1sc(NC(=O)CS(=O)(=O)CC(=O)N=c2sc3cc(OCC)ccc3n2CC(=O)OC)c(C(=O)OCC)c1C. The van der Waals surface area contributed by atoms with Crippen molar-refractivity contribution < 1.29 is 51.3 Å². The van der Waals surface area contributed by atoms with Gasteiger partial charge in [0.1, 0.15) is 33.7 Å². The van der Waals surface area contributed by atoms with E-state index >= 15 is 0 Å². The molecule has 0 radical (unpaired) electrons. The lowest BCUT2D eigenvalue weighted by atomic mass is 10.1. The van der Waals surface area contributed by atoms with Crippen LogP contribution in [0, 0.1) is 6.92 Å². The minimum atomic E-state index is -4.35. The fraction of sp³-hybridized carbons (Fsp3) is 0.407. The standard InChI is InChI=1S/C27H31N3O11S3/c1-6-39-16-9-10-17-18(11-16)42-27(30(17)12-21(33)38-5)29-20(32)14-44(36,37)13-19(31)28-24-22(25(34)40-7-2)15(4)23(43-24)26(35)41-8-3/h9-11H,6-8,12-14H2,1-5H3,(H,28,31). The second-order valence-electron chi connectivity index (χ2n) is 8.90. The molecule has 0 bridgehead atoms. The van der Waals surface area contributed by atoms with Gasteiger partial charge in [-0.3, -0.25) is 14.4 Å². The van der Waals surface area contributed by atoms with E-state index in [-0.39, 0.29) is 45.6 Å². The number of anilines is 1. The number of sulfone groups is 1. The highest BCUT2D eigenvalue weighted by molar-refractivity contribution is 7.92. The first-order chi connectivity index (χ1) is 20.8. The molecule has 238 valence electrons. The maximum Gasteiger partial charge on any atom is 0.348 e. The number of carbonyl (C=O) groups excluding carboxylic acids is 5. The number of ether oxygens (including phenoxy) is 4. The Morgan fingerprint density at radius 3 is 2.27 bits per heavy atom. The molecule has 0 fully saturated rings. The molecule has 14 nitrogen and oxygen atoms in total. The highest BCUT2D eigenvalue weighted by Gasteiger charge is 2.29. The molecule has 2 aromatic heterocycles. The van der Waals surface area contributed by atoms with Crippen molar-refractivity contribution in [2.45, 2.75) is 34.2 Å². The van der Waals surface area contributed by atoms with E-state index in [0.29, 0.717) is 22.6 Å². The number of hydrogen-bond acceptors (Lipinski definition) is 13. The van der Waals surface area contributed by atoms with Crippen molar-refractivity contribution in [3.05, 3.63) is 39.0 Å². The van der Waals surface area contributed by atoms with Crippen LogP contribution in [0.4, 0.5) is 5.00 Å². The molecule has 3 aromatic rings. The van der Waals surface area contributed by atoms with E-state index in [9.17, 15) is 32.4 Å². The summed E-state index contributed by atoms with van der Waals surface area (Å²) in [6.45, 7) is 6.69. The third-order valence-electron chi connectivity index (χ3n) is 5.73. The summed E-state index contributed by atoms with van der Waals surface area (Å²) in [4.78, 5) is 66.5. The average Bonchev–Trinajstić information content (AvgIpc) is 3.43. The van der Waals surface area contributed by atoms with Crippen molar-refractivity contribution in [2.75, 3.05) is 43.8 Å². The monoisotopic (exact) mass is 669 g/mol. The number of carbonyl (C=O) groups is 5. The van der Waals surface area contributed by atoms with Crippen LogP contribution >= 0.6 is 22.7 Å². The highest BCUT2D eigenvalue weighted by Crippen LogP contribution is 2.34. The molecule has 0 aliphatic carbocycles. The van der Waals surface area contributed by atoms with Crippen molar-refractivity contribution in [2.24, 2.45) is 4.99 Å². The Bertz CT molecular complexity index is 1770. The number of rotatable bonds is 13. The van der Waals surface area contributed by atoms with Crippen LogP contribution in [0.25, 0.3) is 10.2 Å². The first kappa shape index (κ1) is 34.4. The van der Waals surface area contributed by atoms with Gasteiger partial charge in [0, 0.05) is 0 Å². The number of thiazole rings is 1. The van der Waals surface area contributed by atoms with Gasteiger partial charge in [0.2, 0.25) is 5.91 Å². The van der Waals surface area contributed by atoms with Gasteiger partial charge in [0.05, 0.1) is 42.7 Å². The van der Waals surface area contributed by atoms with E-state index in [1.54, 1.807) is 32.0 Å². The van der Waals surface area contributed by atoms with Crippen LogP contribution in [0.2, 0.25) is 0 Å². The number of nitrogens with one attached hydrogen (secondary N) is 1. The predicted molar refractivity (Wildman–Crippen MR) is 162 cm³/mol. The van der Waals surface area contributed by atoms with E-state index in [1.165, 1.54) is 18.6 Å². The fourth-order valence-electron chi connectivity index (χ4n) is 3.92. The van der Waals surface area contributed by atoms with Gasteiger partial charge < -0.3 is 28.8 Å². The minimum Gasteiger partial charge on any atom is -0.494 e. The Hall–Kier alpha value is -4.09. The Morgan fingerprint density at radius 1 is 0.955 bits per heavy atom. The van der Waals surface area contributed by atoms with E-state index in [0.717, 1.165) is 22.7 Å². The molecule has 1 N–H and O–H groups in total. The van der Waals surface area contributed by atoms with Crippen LogP contribution in [-0.2, 0) is 45.0 Å². The van der Waals surface area contributed by atoms with Crippen molar-refractivity contribution in [1.29, 1.82) is 0 Å². The number of methoxy groups -OCH3 is 1. The molecular weight excluding hydrogens is 639 g/mol. The smallest absolute Gasteiger partial charge is 0.348 e. The third-order valence-corrected chi connectivity index (χ3v) is 9.35. The molecule has 3 rings (SSSR count). The number of hydrogen-bond donors (Lipinski definition) is 1. The van der Waals surface area contributed by atoms with Crippen LogP contribution in [-0.4, -0.2) is 81.1 Å². The topological polar surface area (TPSA) is 186 Å². The van der Waals surface area contributed by atoms with Crippen molar-refractivity contribution in [3.8, 4) is 5.75 Å². The van der Waals surface area contributed by atoms with Gasteiger partial charge in [-0.1, -0.05) is 11.3 Å². The molecule has 2 amide bonds. The molecule has 0 atom stereocenters. The van der Waals surface area contributed by atoms with Gasteiger partial charge in [-0.05, 0) is 51.5 Å². The maximum atomic E-state index is 12.8. The second kappa shape index (κ2) is 15.1. The molecule has 0 aliphatic rings. The Labute approximate surface area is 260 Å². The molecule has 44 heavy (non-hydrogen) atoms.